The molecule has 1 amide bonds. The highest BCUT2D eigenvalue weighted by Gasteiger charge is 2.17. The minimum Gasteiger partial charge on any atom is -0.323 e. The molecule has 0 aliphatic carbocycles. The standard InChI is InChI=1S/C11H19N3OS/c1-7(12)8-6-16-10(13-8)14-9(15)5-11(2,3)4/h6-7H,5,12H2,1-4H3,(H,13,14,15). The van der Waals surface area contributed by atoms with E-state index in [-0.39, 0.29) is 17.4 Å². The fourth-order valence-corrected chi connectivity index (χ4v) is 2.03. The number of nitrogens with two attached hydrogens (primary N) is 1. The molecule has 0 bridgehead atoms. The Hall–Kier alpha value is -0.940. The zero-order valence-electron chi connectivity index (χ0n) is 10.2. The summed E-state index contributed by atoms with van der Waals surface area (Å²) in [5.41, 5.74) is 6.50. The molecule has 16 heavy (non-hydrogen) atoms. The molecular weight excluding hydrogens is 222 g/mol. The minimum absolute atomic E-state index is 0.00178. The summed E-state index contributed by atoms with van der Waals surface area (Å²) in [6.45, 7) is 7.96. The van der Waals surface area contributed by atoms with Gasteiger partial charge in [0.05, 0.1) is 5.69 Å². The van der Waals surface area contributed by atoms with E-state index in [0.717, 1.165) is 5.69 Å². The van der Waals surface area contributed by atoms with Crippen LogP contribution in [-0.4, -0.2) is 10.9 Å². The first-order valence-corrected chi connectivity index (χ1v) is 6.17. The summed E-state index contributed by atoms with van der Waals surface area (Å²) < 4.78 is 0. The Morgan fingerprint density at radius 3 is 2.69 bits per heavy atom. The van der Waals surface area contributed by atoms with Gasteiger partial charge in [-0.15, -0.1) is 11.3 Å². The van der Waals surface area contributed by atoms with Gasteiger partial charge in [-0.25, -0.2) is 4.98 Å². The van der Waals surface area contributed by atoms with E-state index in [4.69, 9.17) is 5.73 Å². The van der Waals surface area contributed by atoms with Crippen molar-refractivity contribution >= 4 is 22.4 Å². The van der Waals surface area contributed by atoms with E-state index in [2.05, 4.69) is 10.3 Å². The molecule has 1 unspecified atom stereocenters. The number of carbonyl (C=O) groups is 1. The van der Waals surface area contributed by atoms with Crippen molar-refractivity contribution in [2.24, 2.45) is 11.1 Å². The Bertz CT molecular complexity index is 366. The lowest BCUT2D eigenvalue weighted by molar-refractivity contribution is -0.117. The maximum atomic E-state index is 11.6. The fraction of sp³-hybridized carbons (Fsp3) is 0.636. The van der Waals surface area contributed by atoms with E-state index in [9.17, 15) is 4.79 Å². The maximum Gasteiger partial charge on any atom is 0.226 e. The topological polar surface area (TPSA) is 68.0 Å². The van der Waals surface area contributed by atoms with Gasteiger partial charge in [0, 0.05) is 17.8 Å². The summed E-state index contributed by atoms with van der Waals surface area (Å²) in [5, 5.41) is 5.29. The van der Waals surface area contributed by atoms with Gasteiger partial charge in [0.25, 0.3) is 0 Å². The van der Waals surface area contributed by atoms with Crippen LogP contribution in [0.15, 0.2) is 5.38 Å². The van der Waals surface area contributed by atoms with Crippen molar-refractivity contribution in [1.29, 1.82) is 0 Å². The zero-order valence-corrected chi connectivity index (χ0v) is 11.0. The second-order valence-corrected chi connectivity index (χ2v) is 6.01. The molecule has 0 aromatic carbocycles. The van der Waals surface area contributed by atoms with Crippen LogP contribution in [0.3, 0.4) is 0 Å². The normalized spacial score (nSPS) is 13.6. The first-order valence-electron chi connectivity index (χ1n) is 5.29. The van der Waals surface area contributed by atoms with Gasteiger partial charge in [-0.1, -0.05) is 20.8 Å². The van der Waals surface area contributed by atoms with Crippen LogP contribution < -0.4 is 11.1 Å². The van der Waals surface area contributed by atoms with Crippen LogP contribution in [0.25, 0.3) is 0 Å². The van der Waals surface area contributed by atoms with Gasteiger partial charge >= 0.3 is 0 Å². The van der Waals surface area contributed by atoms with E-state index >= 15 is 0 Å². The number of carbonyl (C=O) groups excluding carboxylic acids is 1. The number of amides is 1. The molecule has 0 saturated heterocycles. The zero-order chi connectivity index (χ0) is 12.3. The second-order valence-electron chi connectivity index (χ2n) is 5.15. The van der Waals surface area contributed by atoms with Crippen molar-refractivity contribution in [2.75, 3.05) is 5.32 Å². The van der Waals surface area contributed by atoms with Gasteiger partial charge in [-0.2, -0.15) is 0 Å². The Morgan fingerprint density at radius 2 is 2.25 bits per heavy atom. The number of hydrogen-bond donors (Lipinski definition) is 2. The third-order valence-electron chi connectivity index (χ3n) is 1.93. The number of hydrogen-bond acceptors (Lipinski definition) is 4. The lowest BCUT2D eigenvalue weighted by Crippen LogP contribution is -2.19. The Morgan fingerprint density at radius 1 is 1.62 bits per heavy atom. The first-order chi connectivity index (χ1) is 7.28. The Balaban J connectivity index is 2.57. The molecule has 0 radical (unpaired) electrons. The van der Waals surface area contributed by atoms with E-state index in [0.29, 0.717) is 11.6 Å². The molecule has 4 nitrogen and oxygen atoms in total. The molecule has 0 saturated carbocycles. The quantitative estimate of drug-likeness (QED) is 0.854. The van der Waals surface area contributed by atoms with E-state index in [1.165, 1.54) is 11.3 Å². The van der Waals surface area contributed by atoms with Crippen LogP contribution in [0.2, 0.25) is 0 Å². The van der Waals surface area contributed by atoms with Crippen LogP contribution in [0.1, 0.15) is 45.9 Å². The van der Waals surface area contributed by atoms with Crippen LogP contribution in [0.5, 0.6) is 0 Å². The van der Waals surface area contributed by atoms with Gasteiger partial charge in [-0.3, -0.25) is 4.79 Å². The van der Waals surface area contributed by atoms with Gasteiger partial charge < -0.3 is 11.1 Å². The van der Waals surface area contributed by atoms with Crippen LogP contribution >= 0.6 is 11.3 Å². The number of rotatable bonds is 3. The fourth-order valence-electron chi connectivity index (χ4n) is 1.20. The van der Waals surface area contributed by atoms with Crippen molar-refractivity contribution in [1.82, 2.24) is 4.98 Å². The molecule has 0 aliphatic heterocycles. The predicted molar refractivity (Wildman–Crippen MR) is 67.4 cm³/mol. The minimum atomic E-state index is -0.0930. The van der Waals surface area contributed by atoms with E-state index < -0.39 is 0 Å². The molecule has 1 aromatic rings. The summed E-state index contributed by atoms with van der Waals surface area (Å²) in [4.78, 5) is 15.9. The predicted octanol–water partition coefficient (Wildman–Crippen LogP) is 2.54. The summed E-state index contributed by atoms with van der Waals surface area (Å²) >= 11 is 1.41. The van der Waals surface area contributed by atoms with Crippen molar-refractivity contribution in [3.63, 3.8) is 0 Å². The average Bonchev–Trinajstić information content (AvgIpc) is 2.48. The van der Waals surface area contributed by atoms with Gasteiger partial charge in [-0.05, 0) is 12.3 Å². The van der Waals surface area contributed by atoms with Crippen LogP contribution in [0.4, 0.5) is 5.13 Å². The lowest BCUT2D eigenvalue weighted by atomic mass is 9.92. The molecule has 1 heterocycles. The van der Waals surface area contributed by atoms with Gasteiger partial charge in [0.15, 0.2) is 5.13 Å². The number of nitrogens with zero attached hydrogens (tertiary/aromatic N) is 1. The van der Waals surface area contributed by atoms with Gasteiger partial charge in [0.2, 0.25) is 5.91 Å². The third-order valence-corrected chi connectivity index (χ3v) is 2.70. The highest BCUT2D eigenvalue weighted by atomic mass is 32.1. The van der Waals surface area contributed by atoms with Gasteiger partial charge in [0.1, 0.15) is 0 Å². The maximum absolute atomic E-state index is 11.6. The van der Waals surface area contributed by atoms with Crippen molar-refractivity contribution in [2.45, 2.75) is 40.2 Å². The monoisotopic (exact) mass is 241 g/mol. The molecule has 0 spiro atoms. The summed E-state index contributed by atoms with van der Waals surface area (Å²) in [5.74, 6) is -0.00178. The molecule has 90 valence electrons. The number of thiazole rings is 1. The third kappa shape index (κ3) is 4.28. The second kappa shape index (κ2) is 4.93. The molecule has 5 heteroatoms. The smallest absolute Gasteiger partial charge is 0.226 e. The van der Waals surface area contributed by atoms with E-state index in [1.54, 1.807) is 0 Å². The number of nitrogens with one attached hydrogen (secondary N) is 1. The van der Waals surface area contributed by atoms with Crippen LogP contribution in [-0.2, 0) is 4.79 Å². The molecular formula is C11H19N3OS. The first kappa shape index (κ1) is 13.1. The molecule has 0 fully saturated rings. The average molecular weight is 241 g/mol. The van der Waals surface area contributed by atoms with Crippen molar-refractivity contribution in [3.8, 4) is 0 Å². The summed E-state index contributed by atoms with van der Waals surface area (Å²) in [7, 11) is 0. The lowest BCUT2D eigenvalue weighted by Gasteiger charge is -2.16. The molecule has 1 rings (SSSR count). The van der Waals surface area contributed by atoms with Crippen LogP contribution in [0, 0.1) is 5.41 Å². The molecule has 0 aliphatic rings. The van der Waals surface area contributed by atoms with Crippen molar-refractivity contribution in [3.05, 3.63) is 11.1 Å². The Labute approximate surface area is 100 Å². The van der Waals surface area contributed by atoms with Crippen molar-refractivity contribution < 1.29 is 4.79 Å². The Kier molecular flexibility index (Phi) is 4.04. The highest BCUT2D eigenvalue weighted by Crippen LogP contribution is 2.22. The summed E-state index contributed by atoms with van der Waals surface area (Å²) in [6, 6.07) is -0.0930. The van der Waals surface area contributed by atoms with E-state index in [1.807, 2.05) is 33.1 Å². The number of anilines is 1. The highest BCUT2D eigenvalue weighted by molar-refractivity contribution is 7.13. The number of aromatic nitrogens is 1. The molecule has 1 aromatic heterocycles. The molecule has 3 N–H and O–H groups in total. The molecule has 1 atom stereocenters. The SMILES string of the molecule is CC(N)c1csc(NC(=O)CC(C)(C)C)n1. The largest absolute Gasteiger partial charge is 0.323 e. The summed E-state index contributed by atoms with van der Waals surface area (Å²) in [6.07, 6.45) is 0.486.